The number of amides is 2. The number of rotatable bonds is 9. The van der Waals surface area contributed by atoms with Crippen LogP contribution in [0.3, 0.4) is 0 Å². The van der Waals surface area contributed by atoms with E-state index in [2.05, 4.69) is 44.0 Å². The molecular formula is C27H30N2O3S2. The van der Waals surface area contributed by atoms with Gasteiger partial charge in [0.1, 0.15) is 18.9 Å². The summed E-state index contributed by atoms with van der Waals surface area (Å²) in [5, 5.41) is 3.94. The van der Waals surface area contributed by atoms with Gasteiger partial charge < -0.3 is 14.5 Å². The highest BCUT2D eigenvalue weighted by Crippen LogP contribution is 2.34. The van der Waals surface area contributed by atoms with Crippen molar-refractivity contribution in [3.8, 4) is 5.75 Å². The van der Waals surface area contributed by atoms with Crippen LogP contribution in [0.5, 0.6) is 5.75 Å². The van der Waals surface area contributed by atoms with E-state index in [0.717, 1.165) is 17.7 Å². The van der Waals surface area contributed by atoms with Crippen LogP contribution >= 0.6 is 22.7 Å². The van der Waals surface area contributed by atoms with Gasteiger partial charge in [-0.3, -0.25) is 9.59 Å². The molecular weight excluding hydrogens is 464 g/mol. The minimum Gasteiger partial charge on any atom is -0.491 e. The molecule has 34 heavy (non-hydrogen) atoms. The van der Waals surface area contributed by atoms with Crippen LogP contribution in [0.2, 0.25) is 0 Å². The number of hydrogen-bond acceptors (Lipinski definition) is 5. The SMILES string of the molecule is C=CCN(CC(=O)N1CCc2sccc2[C@H]1COc1ccc(C(C)C)cc1)C(=O)c1cccs1. The van der Waals surface area contributed by atoms with E-state index in [9.17, 15) is 9.59 Å². The first-order chi connectivity index (χ1) is 16.5. The number of fused-ring (bicyclic) bond motifs is 1. The van der Waals surface area contributed by atoms with Crippen molar-refractivity contribution >= 4 is 34.5 Å². The molecule has 7 heteroatoms. The minimum atomic E-state index is -0.185. The lowest BCUT2D eigenvalue weighted by molar-refractivity contribution is -0.135. The Bertz CT molecular complexity index is 1120. The molecule has 1 atom stereocenters. The predicted molar refractivity (Wildman–Crippen MR) is 139 cm³/mol. The molecule has 0 unspecified atom stereocenters. The Labute approximate surface area is 209 Å². The van der Waals surface area contributed by atoms with E-state index in [1.54, 1.807) is 28.4 Å². The molecule has 0 fully saturated rings. The molecule has 2 amide bonds. The van der Waals surface area contributed by atoms with Gasteiger partial charge in [0.05, 0.1) is 10.9 Å². The Morgan fingerprint density at radius 3 is 2.65 bits per heavy atom. The fourth-order valence-electron chi connectivity index (χ4n) is 4.18. The average molecular weight is 495 g/mol. The maximum absolute atomic E-state index is 13.5. The quantitative estimate of drug-likeness (QED) is 0.355. The fourth-order valence-corrected chi connectivity index (χ4v) is 5.80. The number of benzene rings is 1. The summed E-state index contributed by atoms with van der Waals surface area (Å²) in [6.07, 6.45) is 2.48. The van der Waals surface area contributed by atoms with Gasteiger partial charge in [0.25, 0.3) is 5.91 Å². The summed E-state index contributed by atoms with van der Waals surface area (Å²) < 4.78 is 6.16. The molecule has 0 N–H and O–H groups in total. The van der Waals surface area contributed by atoms with Crippen LogP contribution in [0.25, 0.3) is 0 Å². The molecule has 178 valence electrons. The highest BCUT2D eigenvalue weighted by molar-refractivity contribution is 7.12. The summed E-state index contributed by atoms with van der Waals surface area (Å²) in [5.74, 6) is 1.03. The van der Waals surface area contributed by atoms with E-state index >= 15 is 0 Å². The van der Waals surface area contributed by atoms with Crippen molar-refractivity contribution in [3.63, 3.8) is 0 Å². The standard InChI is InChI=1S/C27H30N2O3S2/c1-4-13-28(27(31)25-6-5-15-33-25)17-26(30)29-14-11-24-22(12-16-34-24)23(29)18-32-21-9-7-20(8-10-21)19(2)3/h4-10,12,15-16,19,23H,1,11,13-14,17-18H2,2-3H3/t23-/m1/s1. The first-order valence-corrected chi connectivity index (χ1v) is 13.3. The average Bonchev–Trinajstić information content (AvgIpc) is 3.54. The largest absolute Gasteiger partial charge is 0.491 e. The third-order valence-electron chi connectivity index (χ3n) is 6.06. The summed E-state index contributed by atoms with van der Waals surface area (Å²) in [6.45, 7) is 9.42. The van der Waals surface area contributed by atoms with Crippen LogP contribution in [-0.2, 0) is 11.2 Å². The number of carbonyl (C=O) groups excluding carboxylic acids is 2. The Morgan fingerprint density at radius 2 is 1.97 bits per heavy atom. The van der Waals surface area contributed by atoms with Gasteiger partial charge in [0, 0.05) is 18.0 Å². The number of thiophene rings is 2. The second-order valence-electron chi connectivity index (χ2n) is 8.64. The van der Waals surface area contributed by atoms with E-state index in [0.29, 0.717) is 30.5 Å². The van der Waals surface area contributed by atoms with Crippen molar-refractivity contribution in [1.29, 1.82) is 0 Å². The second kappa shape index (κ2) is 11.0. The van der Waals surface area contributed by atoms with Crippen molar-refractivity contribution in [2.75, 3.05) is 26.2 Å². The molecule has 0 spiro atoms. The lowest BCUT2D eigenvalue weighted by Gasteiger charge is -2.37. The van der Waals surface area contributed by atoms with Gasteiger partial charge in [0.15, 0.2) is 0 Å². The zero-order valence-electron chi connectivity index (χ0n) is 19.6. The first-order valence-electron chi connectivity index (χ1n) is 11.5. The van der Waals surface area contributed by atoms with E-state index in [-0.39, 0.29) is 24.4 Å². The Morgan fingerprint density at radius 1 is 1.18 bits per heavy atom. The second-order valence-corrected chi connectivity index (χ2v) is 10.6. The van der Waals surface area contributed by atoms with Gasteiger partial charge in [-0.2, -0.15) is 0 Å². The summed E-state index contributed by atoms with van der Waals surface area (Å²) >= 11 is 3.10. The zero-order valence-corrected chi connectivity index (χ0v) is 21.2. The number of hydrogen-bond donors (Lipinski definition) is 0. The van der Waals surface area contributed by atoms with E-state index < -0.39 is 0 Å². The highest BCUT2D eigenvalue weighted by atomic mass is 32.1. The van der Waals surface area contributed by atoms with Crippen LogP contribution in [0, 0.1) is 0 Å². The lowest BCUT2D eigenvalue weighted by atomic mass is 10.00. The first kappa shape index (κ1) is 24.2. The normalized spacial score (nSPS) is 15.1. The molecule has 5 nitrogen and oxygen atoms in total. The van der Waals surface area contributed by atoms with E-state index in [1.165, 1.54) is 21.8 Å². The molecule has 4 rings (SSSR count). The Hall–Kier alpha value is -2.90. The van der Waals surface area contributed by atoms with Crippen molar-refractivity contribution in [2.24, 2.45) is 0 Å². The van der Waals surface area contributed by atoms with Crippen LogP contribution in [0.4, 0.5) is 0 Å². The van der Waals surface area contributed by atoms with Gasteiger partial charge in [-0.1, -0.05) is 38.1 Å². The molecule has 0 radical (unpaired) electrons. The molecule has 0 saturated heterocycles. The molecule has 2 aromatic heterocycles. The van der Waals surface area contributed by atoms with Gasteiger partial charge in [-0.05, 0) is 58.5 Å². The summed E-state index contributed by atoms with van der Waals surface area (Å²) in [5.41, 5.74) is 2.41. The minimum absolute atomic E-state index is 0.0157. The molecule has 1 aliphatic heterocycles. The van der Waals surface area contributed by atoms with Crippen LogP contribution in [-0.4, -0.2) is 47.9 Å². The molecule has 0 saturated carbocycles. The molecule has 3 heterocycles. The highest BCUT2D eigenvalue weighted by Gasteiger charge is 2.33. The smallest absolute Gasteiger partial charge is 0.264 e. The summed E-state index contributed by atoms with van der Waals surface area (Å²) in [4.78, 5) is 31.8. The third-order valence-corrected chi connectivity index (χ3v) is 7.92. The van der Waals surface area contributed by atoms with Gasteiger partial charge >= 0.3 is 0 Å². The molecule has 0 bridgehead atoms. The van der Waals surface area contributed by atoms with Gasteiger partial charge in [-0.15, -0.1) is 29.3 Å². The lowest BCUT2D eigenvalue weighted by Crippen LogP contribution is -2.47. The maximum Gasteiger partial charge on any atom is 0.264 e. The molecule has 3 aromatic rings. The maximum atomic E-state index is 13.5. The van der Waals surface area contributed by atoms with Crippen molar-refractivity contribution in [1.82, 2.24) is 9.80 Å². The monoisotopic (exact) mass is 494 g/mol. The number of carbonyl (C=O) groups is 2. The number of nitrogens with zero attached hydrogens (tertiary/aromatic N) is 2. The Kier molecular flexibility index (Phi) is 7.85. The van der Waals surface area contributed by atoms with Gasteiger partial charge in [-0.25, -0.2) is 0 Å². The molecule has 0 aliphatic carbocycles. The van der Waals surface area contributed by atoms with Crippen molar-refractivity contribution in [2.45, 2.75) is 32.2 Å². The summed E-state index contributed by atoms with van der Waals surface area (Å²) in [6, 6.07) is 13.7. The predicted octanol–water partition coefficient (Wildman–Crippen LogP) is 5.77. The number of ether oxygens (including phenoxy) is 1. The summed E-state index contributed by atoms with van der Waals surface area (Å²) in [7, 11) is 0. The topological polar surface area (TPSA) is 49.9 Å². The molecule has 1 aromatic carbocycles. The third kappa shape index (κ3) is 5.42. The van der Waals surface area contributed by atoms with E-state index in [1.807, 2.05) is 28.5 Å². The Balaban J connectivity index is 1.50. The van der Waals surface area contributed by atoms with Gasteiger partial charge in [0.2, 0.25) is 5.91 Å². The van der Waals surface area contributed by atoms with Crippen molar-refractivity contribution in [3.05, 3.63) is 86.8 Å². The van der Waals surface area contributed by atoms with E-state index in [4.69, 9.17) is 4.74 Å². The van der Waals surface area contributed by atoms with Crippen LogP contribution in [0.1, 0.15) is 51.5 Å². The van der Waals surface area contributed by atoms with Crippen molar-refractivity contribution < 1.29 is 14.3 Å². The molecule has 1 aliphatic rings. The zero-order chi connectivity index (χ0) is 24.1. The fraction of sp³-hybridized carbons (Fsp3) is 0.333. The van der Waals surface area contributed by atoms with Crippen LogP contribution in [0.15, 0.2) is 65.9 Å². The van der Waals surface area contributed by atoms with Crippen LogP contribution < -0.4 is 4.74 Å².